The number of nitrogens with zero attached hydrogens (tertiary/aromatic N) is 2. The summed E-state index contributed by atoms with van der Waals surface area (Å²) in [5.41, 5.74) is 6.13. The summed E-state index contributed by atoms with van der Waals surface area (Å²) >= 11 is 1.36. The van der Waals surface area contributed by atoms with Gasteiger partial charge < -0.3 is 20.4 Å². The molecule has 0 aromatic carbocycles. The predicted octanol–water partition coefficient (Wildman–Crippen LogP) is 2.48. The largest absolute Gasteiger partial charge is 0.459 e. The molecule has 0 spiro atoms. The average Bonchev–Trinajstić information content (AvgIpc) is 3.25. The average molecular weight is 391 g/mol. The third-order valence-corrected chi connectivity index (χ3v) is 5.90. The SMILES string of the molecule is Cc1ccc(-c2nc(C)c(C(=O)N3CCCCC3CNC(=O)CCN)s2)o1. The minimum atomic E-state index is -0.0695. The Morgan fingerprint density at radius 2 is 2.19 bits per heavy atom. The normalized spacial score (nSPS) is 17.1. The van der Waals surface area contributed by atoms with Crippen LogP contribution in [-0.2, 0) is 4.79 Å². The van der Waals surface area contributed by atoms with E-state index in [0.29, 0.717) is 47.4 Å². The summed E-state index contributed by atoms with van der Waals surface area (Å²) in [6.45, 7) is 5.22. The Balaban J connectivity index is 1.74. The maximum Gasteiger partial charge on any atom is 0.266 e. The fraction of sp³-hybridized carbons (Fsp3) is 0.526. The molecule has 1 fully saturated rings. The lowest BCUT2D eigenvalue weighted by molar-refractivity contribution is -0.121. The van der Waals surface area contributed by atoms with Crippen molar-refractivity contribution >= 4 is 23.2 Å². The van der Waals surface area contributed by atoms with E-state index in [2.05, 4.69) is 10.3 Å². The second-order valence-electron chi connectivity index (χ2n) is 6.83. The quantitative estimate of drug-likeness (QED) is 0.789. The van der Waals surface area contributed by atoms with Crippen molar-refractivity contribution in [2.24, 2.45) is 5.73 Å². The number of carbonyl (C=O) groups is 2. The van der Waals surface area contributed by atoms with Gasteiger partial charge in [0.1, 0.15) is 10.6 Å². The van der Waals surface area contributed by atoms with E-state index in [4.69, 9.17) is 10.2 Å². The van der Waals surface area contributed by atoms with E-state index < -0.39 is 0 Å². The van der Waals surface area contributed by atoms with Crippen molar-refractivity contribution in [3.05, 3.63) is 28.5 Å². The van der Waals surface area contributed by atoms with Crippen molar-refractivity contribution in [2.45, 2.75) is 45.6 Å². The van der Waals surface area contributed by atoms with Gasteiger partial charge in [0, 0.05) is 32.1 Å². The number of amides is 2. The molecule has 0 aliphatic carbocycles. The van der Waals surface area contributed by atoms with Crippen LogP contribution >= 0.6 is 11.3 Å². The van der Waals surface area contributed by atoms with Gasteiger partial charge >= 0.3 is 0 Å². The number of hydrogen-bond acceptors (Lipinski definition) is 6. The number of hydrogen-bond donors (Lipinski definition) is 2. The Labute approximate surface area is 162 Å². The summed E-state index contributed by atoms with van der Waals surface area (Å²) in [7, 11) is 0. The van der Waals surface area contributed by atoms with Crippen molar-refractivity contribution in [3.63, 3.8) is 0 Å². The fourth-order valence-electron chi connectivity index (χ4n) is 3.31. The van der Waals surface area contributed by atoms with Crippen LogP contribution in [0.2, 0.25) is 0 Å². The second kappa shape index (κ2) is 8.67. The lowest BCUT2D eigenvalue weighted by Crippen LogP contribution is -2.49. The van der Waals surface area contributed by atoms with Gasteiger partial charge in [0.25, 0.3) is 5.91 Å². The molecule has 2 amide bonds. The lowest BCUT2D eigenvalue weighted by atomic mass is 10.0. The molecule has 1 aliphatic rings. The van der Waals surface area contributed by atoms with E-state index in [1.165, 1.54) is 11.3 Å². The van der Waals surface area contributed by atoms with E-state index in [1.807, 2.05) is 30.9 Å². The summed E-state index contributed by atoms with van der Waals surface area (Å²) < 4.78 is 5.64. The molecule has 3 N–H and O–H groups in total. The first-order valence-corrected chi connectivity index (χ1v) is 10.1. The Morgan fingerprint density at radius 1 is 1.37 bits per heavy atom. The molecule has 0 bridgehead atoms. The number of nitrogens with one attached hydrogen (secondary N) is 1. The molecule has 3 heterocycles. The molecule has 1 aliphatic heterocycles. The number of aryl methyl sites for hydroxylation is 2. The number of piperidine rings is 1. The van der Waals surface area contributed by atoms with E-state index >= 15 is 0 Å². The van der Waals surface area contributed by atoms with Gasteiger partial charge in [0.15, 0.2) is 10.8 Å². The smallest absolute Gasteiger partial charge is 0.266 e. The zero-order valence-corrected chi connectivity index (χ0v) is 16.6. The number of thiazole rings is 1. The first-order valence-electron chi connectivity index (χ1n) is 9.31. The summed E-state index contributed by atoms with van der Waals surface area (Å²) in [4.78, 5) is 32.0. The molecule has 3 rings (SSSR count). The van der Waals surface area contributed by atoms with Gasteiger partial charge in [-0.25, -0.2) is 4.98 Å². The molecule has 7 nitrogen and oxygen atoms in total. The van der Waals surface area contributed by atoms with Gasteiger partial charge in [-0.1, -0.05) is 0 Å². The molecule has 1 atom stereocenters. The summed E-state index contributed by atoms with van der Waals surface area (Å²) in [5, 5.41) is 3.61. The number of rotatable bonds is 6. The lowest BCUT2D eigenvalue weighted by Gasteiger charge is -2.35. The van der Waals surface area contributed by atoms with Crippen LogP contribution in [0.5, 0.6) is 0 Å². The third-order valence-electron chi connectivity index (χ3n) is 4.74. The Morgan fingerprint density at radius 3 is 2.89 bits per heavy atom. The van der Waals surface area contributed by atoms with Crippen LogP contribution in [0.25, 0.3) is 10.8 Å². The van der Waals surface area contributed by atoms with Crippen LogP contribution in [-0.4, -0.2) is 47.4 Å². The van der Waals surface area contributed by atoms with Gasteiger partial charge in [-0.05, 0) is 45.2 Å². The highest BCUT2D eigenvalue weighted by Crippen LogP contribution is 2.31. The van der Waals surface area contributed by atoms with E-state index in [1.54, 1.807) is 0 Å². The number of furan rings is 1. The van der Waals surface area contributed by atoms with Gasteiger partial charge in [-0.3, -0.25) is 9.59 Å². The number of nitrogens with two attached hydrogens (primary N) is 1. The monoisotopic (exact) mass is 390 g/mol. The minimum Gasteiger partial charge on any atom is -0.459 e. The van der Waals surface area contributed by atoms with Crippen molar-refractivity contribution in [2.75, 3.05) is 19.6 Å². The standard InChI is InChI=1S/C19H26N4O3S/c1-12-6-7-15(26-12)18-22-13(2)17(27-18)19(25)23-10-4-3-5-14(23)11-21-16(24)8-9-20/h6-7,14H,3-5,8-11,20H2,1-2H3,(H,21,24). The maximum absolute atomic E-state index is 13.2. The molecule has 1 saturated heterocycles. The highest BCUT2D eigenvalue weighted by atomic mass is 32.1. The molecule has 1 unspecified atom stereocenters. The van der Waals surface area contributed by atoms with Crippen LogP contribution in [0.15, 0.2) is 16.5 Å². The number of carbonyl (C=O) groups excluding carboxylic acids is 2. The molecule has 0 radical (unpaired) electrons. The third kappa shape index (κ3) is 4.56. The zero-order valence-electron chi connectivity index (χ0n) is 15.8. The van der Waals surface area contributed by atoms with E-state index in [-0.39, 0.29) is 17.9 Å². The highest BCUT2D eigenvalue weighted by molar-refractivity contribution is 7.17. The molecule has 146 valence electrons. The van der Waals surface area contributed by atoms with Crippen LogP contribution in [0.4, 0.5) is 0 Å². The molecular weight excluding hydrogens is 364 g/mol. The van der Waals surface area contributed by atoms with Crippen molar-refractivity contribution in [3.8, 4) is 10.8 Å². The molecule has 27 heavy (non-hydrogen) atoms. The topological polar surface area (TPSA) is 101 Å². The first-order chi connectivity index (χ1) is 13.0. The molecule has 2 aromatic rings. The predicted molar refractivity (Wildman–Crippen MR) is 105 cm³/mol. The summed E-state index contributed by atoms with van der Waals surface area (Å²) in [6.07, 6.45) is 3.22. The Hall–Kier alpha value is -2.19. The maximum atomic E-state index is 13.2. The molecule has 2 aromatic heterocycles. The van der Waals surface area contributed by atoms with Crippen LogP contribution in [0.3, 0.4) is 0 Å². The Kier molecular flexibility index (Phi) is 6.28. The van der Waals surface area contributed by atoms with E-state index in [9.17, 15) is 9.59 Å². The van der Waals surface area contributed by atoms with Crippen LogP contribution in [0.1, 0.15) is 46.8 Å². The molecule has 0 saturated carbocycles. The highest BCUT2D eigenvalue weighted by Gasteiger charge is 2.30. The van der Waals surface area contributed by atoms with Gasteiger partial charge in [0.2, 0.25) is 5.91 Å². The first kappa shape index (κ1) is 19.6. The van der Waals surface area contributed by atoms with Gasteiger partial charge in [-0.2, -0.15) is 0 Å². The minimum absolute atomic E-state index is 0.00350. The van der Waals surface area contributed by atoms with E-state index in [0.717, 1.165) is 25.0 Å². The van der Waals surface area contributed by atoms with Crippen molar-refractivity contribution < 1.29 is 14.0 Å². The van der Waals surface area contributed by atoms with Crippen LogP contribution < -0.4 is 11.1 Å². The van der Waals surface area contributed by atoms with Crippen molar-refractivity contribution in [1.29, 1.82) is 0 Å². The van der Waals surface area contributed by atoms with Gasteiger partial charge in [-0.15, -0.1) is 11.3 Å². The fourth-order valence-corrected chi connectivity index (χ4v) is 4.30. The van der Waals surface area contributed by atoms with Crippen molar-refractivity contribution in [1.82, 2.24) is 15.2 Å². The molecule has 8 heteroatoms. The van der Waals surface area contributed by atoms with Crippen LogP contribution in [0, 0.1) is 13.8 Å². The Bertz CT molecular complexity index is 814. The number of aromatic nitrogens is 1. The number of likely N-dealkylation sites (tertiary alicyclic amines) is 1. The summed E-state index contributed by atoms with van der Waals surface area (Å²) in [5.74, 6) is 1.41. The van der Waals surface area contributed by atoms with Gasteiger partial charge in [0.05, 0.1) is 5.69 Å². The summed E-state index contributed by atoms with van der Waals surface area (Å²) in [6, 6.07) is 3.76. The second-order valence-corrected chi connectivity index (χ2v) is 7.83. The molecular formula is C19H26N4O3S. The zero-order chi connectivity index (χ0) is 19.4.